The van der Waals surface area contributed by atoms with Crippen LogP contribution >= 0.6 is 0 Å². The first kappa shape index (κ1) is 32.9. The van der Waals surface area contributed by atoms with Gasteiger partial charge in [0.1, 0.15) is 34.5 Å². The fourth-order valence-electron chi connectivity index (χ4n) is 6.10. The Kier molecular flexibility index (Phi) is 17.8. The molecule has 2 saturated heterocycles. The predicted octanol–water partition coefficient (Wildman–Crippen LogP) is 9.93. The van der Waals surface area contributed by atoms with Crippen LogP contribution in [-0.2, 0) is 38.0 Å². The molecule has 39 heavy (non-hydrogen) atoms. The molecule has 0 spiro atoms. The van der Waals surface area contributed by atoms with Gasteiger partial charge in [0.2, 0.25) is 0 Å². The Morgan fingerprint density at radius 1 is 0.641 bits per heavy atom. The fraction of sp³-hybridized carbons (Fsp3) is 0.800. The first-order valence-corrected chi connectivity index (χ1v) is 20.3. The number of hydrogen-bond donors (Lipinski definition) is 0. The van der Waals surface area contributed by atoms with Gasteiger partial charge in [0, 0.05) is 11.1 Å². The SMILES string of the molecule is CCCCCCCCCCCCCCCCCCOC(=O)c1cc(C[S+]2CCCC2)ccc1C[S+]1CCCC1. The lowest BCUT2D eigenvalue weighted by atomic mass is 10.0. The summed E-state index contributed by atoms with van der Waals surface area (Å²) in [5.74, 6) is 7.62. The molecule has 222 valence electrons. The second-order valence-electron chi connectivity index (χ2n) is 12.2. The van der Waals surface area contributed by atoms with Crippen molar-refractivity contribution in [1.82, 2.24) is 0 Å². The molecular formula is C35H60O2S2+2. The second kappa shape index (κ2) is 21.1. The topological polar surface area (TPSA) is 26.3 Å². The molecule has 1 aromatic rings. The zero-order chi connectivity index (χ0) is 27.4. The molecule has 0 atom stereocenters. The van der Waals surface area contributed by atoms with Gasteiger partial charge < -0.3 is 4.74 Å². The van der Waals surface area contributed by atoms with E-state index in [9.17, 15) is 4.79 Å². The van der Waals surface area contributed by atoms with Crippen LogP contribution in [-0.4, -0.2) is 35.6 Å². The number of carbonyl (C=O) groups excluding carboxylic acids is 1. The van der Waals surface area contributed by atoms with E-state index in [1.807, 2.05) is 0 Å². The number of carbonyl (C=O) groups is 1. The van der Waals surface area contributed by atoms with Crippen molar-refractivity contribution in [3.8, 4) is 0 Å². The molecule has 0 saturated carbocycles. The third-order valence-corrected chi connectivity index (χ3v) is 13.5. The predicted molar refractivity (Wildman–Crippen MR) is 176 cm³/mol. The van der Waals surface area contributed by atoms with Crippen molar-refractivity contribution < 1.29 is 9.53 Å². The van der Waals surface area contributed by atoms with Crippen LogP contribution in [0.25, 0.3) is 0 Å². The lowest BCUT2D eigenvalue weighted by molar-refractivity contribution is 0.0496. The zero-order valence-corrected chi connectivity index (χ0v) is 27.1. The highest BCUT2D eigenvalue weighted by Gasteiger charge is 2.28. The maximum Gasteiger partial charge on any atom is 0.338 e. The minimum Gasteiger partial charge on any atom is -0.462 e. The van der Waals surface area contributed by atoms with Gasteiger partial charge >= 0.3 is 5.97 Å². The van der Waals surface area contributed by atoms with Crippen LogP contribution in [0, 0.1) is 0 Å². The number of unbranched alkanes of at least 4 members (excludes halogenated alkanes) is 15. The monoisotopic (exact) mass is 576 g/mol. The van der Waals surface area contributed by atoms with Gasteiger partial charge in [0.15, 0.2) is 0 Å². The smallest absolute Gasteiger partial charge is 0.338 e. The lowest BCUT2D eigenvalue weighted by Crippen LogP contribution is -2.15. The molecule has 2 heterocycles. The van der Waals surface area contributed by atoms with Gasteiger partial charge in [-0.1, -0.05) is 115 Å². The van der Waals surface area contributed by atoms with E-state index in [1.165, 1.54) is 156 Å². The first-order chi connectivity index (χ1) is 19.3. The molecule has 2 fully saturated rings. The van der Waals surface area contributed by atoms with Gasteiger partial charge in [-0.25, -0.2) is 4.79 Å². The highest BCUT2D eigenvalue weighted by Crippen LogP contribution is 2.25. The summed E-state index contributed by atoms with van der Waals surface area (Å²) in [6, 6.07) is 6.79. The van der Waals surface area contributed by atoms with E-state index in [-0.39, 0.29) is 5.97 Å². The van der Waals surface area contributed by atoms with Gasteiger partial charge in [0.25, 0.3) is 0 Å². The first-order valence-electron chi connectivity index (χ1n) is 16.8. The van der Waals surface area contributed by atoms with Crippen molar-refractivity contribution in [2.45, 2.75) is 147 Å². The van der Waals surface area contributed by atoms with E-state index in [0.717, 1.165) is 23.5 Å². The Morgan fingerprint density at radius 2 is 1.10 bits per heavy atom. The summed E-state index contributed by atoms with van der Waals surface area (Å²) < 4.78 is 5.84. The Bertz CT molecular complexity index is 768. The van der Waals surface area contributed by atoms with Crippen molar-refractivity contribution in [2.75, 3.05) is 29.6 Å². The van der Waals surface area contributed by atoms with E-state index in [1.54, 1.807) is 0 Å². The molecule has 0 aliphatic carbocycles. The minimum absolute atomic E-state index is 0.0645. The summed E-state index contributed by atoms with van der Waals surface area (Å²) in [6.45, 7) is 2.87. The number of benzene rings is 1. The molecule has 2 aliphatic rings. The van der Waals surface area contributed by atoms with Crippen LogP contribution in [0.15, 0.2) is 18.2 Å². The summed E-state index contributed by atoms with van der Waals surface area (Å²) in [5.41, 5.74) is 3.48. The molecule has 0 aromatic heterocycles. The normalized spacial score (nSPS) is 16.3. The quantitative estimate of drug-likeness (QED) is 0.0780. The van der Waals surface area contributed by atoms with E-state index in [4.69, 9.17) is 4.74 Å². The number of hydrogen-bond acceptors (Lipinski definition) is 2. The molecule has 4 heteroatoms. The fourth-order valence-corrected chi connectivity index (χ4v) is 10.9. The third-order valence-electron chi connectivity index (χ3n) is 8.59. The van der Waals surface area contributed by atoms with Gasteiger partial charge in [-0.15, -0.1) is 0 Å². The standard InChI is InChI=1S/C35H60O2S2/c1-2-3-4-5-6-7-8-9-10-11-12-13-14-15-16-17-24-37-35(36)34-29-32(30-38-25-18-19-26-38)22-23-33(34)31-39-27-20-21-28-39/h22-23,29H,2-21,24-28,30-31H2,1H3/q+2. The van der Waals surface area contributed by atoms with Gasteiger partial charge in [0.05, 0.1) is 12.2 Å². The molecule has 0 amide bonds. The van der Waals surface area contributed by atoms with Gasteiger partial charge in [-0.3, -0.25) is 0 Å². The van der Waals surface area contributed by atoms with Crippen molar-refractivity contribution in [1.29, 1.82) is 0 Å². The molecular weight excluding hydrogens is 517 g/mol. The Balaban J connectivity index is 1.25. The third kappa shape index (κ3) is 14.2. The maximum atomic E-state index is 13.2. The molecule has 0 bridgehead atoms. The lowest BCUT2D eigenvalue weighted by Gasteiger charge is -2.12. The molecule has 2 aliphatic heterocycles. The minimum atomic E-state index is -0.0645. The Hall–Kier alpha value is -0.610. The van der Waals surface area contributed by atoms with E-state index < -0.39 is 0 Å². The summed E-state index contributed by atoms with van der Waals surface area (Å²) in [4.78, 5) is 13.2. The summed E-state index contributed by atoms with van der Waals surface area (Å²) in [7, 11) is 0.983. The van der Waals surface area contributed by atoms with Crippen LogP contribution in [0.4, 0.5) is 0 Å². The van der Waals surface area contributed by atoms with Crippen molar-refractivity contribution in [3.05, 3.63) is 34.9 Å². The van der Waals surface area contributed by atoms with Gasteiger partial charge in [-0.05, 0) is 60.0 Å². The molecule has 0 radical (unpaired) electrons. The highest BCUT2D eigenvalue weighted by atomic mass is 32.2. The number of rotatable bonds is 22. The molecule has 2 nitrogen and oxygen atoms in total. The Morgan fingerprint density at radius 3 is 1.62 bits per heavy atom. The molecule has 0 unspecified atom stereocenters. The van der Waals surface area contributed by atoms with Crippen LogP contribution < -0.4 is 0 Å². The zero-order valence-electron chi connectivity index (χ0n) is 25.5. The highest BCUT2D eigenvalue weighted by molar-refractivity contribution is 7.96. The second-order valence-corrected chi connectivity index (χ2v) is 16.8. The van der Waals surface area contributed by atoms with Crippen LogP contribution in [0.1, 0.15) is 157 Å². The molecule has 3 rings (SSSR count). The summed E-state index contributed by atoms with van der Waals surface area (Å²) in [6.07, 6.45) is 27.3. The van der Waals surface area contributed by atoms with Crippen LogP contribution in [0.2, 0.25) is 0 Å². The average Bonchev–Trinajstić information content (AvgIpc) is 3.66. The van der Waals surface area contributed by atoms with E-state index in [2.05, 4.69) is 25.1 Å². The van der Waals surface area contributed by atoms with Gasteiger partial charge in [-0.2, -0.15) is 0 Å². The number of esters is 1. The Labute approximate surface area is 247 Å². The summed E-state index contributed by atoms with van der Waals surface area (Å²) in [5, 5.41) is 0. The molecule has 0 N–H and O–H groups in total. The van der Waals surface area contributed by atoms with Crippen LogP contribution in [0.5, 0.6) is 0 Å². The van der Waals surface area contributed by atoms with Crippen molar-refractivity contribution >= 4 is 27.8 Å². The summed E-state index contributed by atoms with van der Waals surface area (Å²) >= 11 is 0. The molecule has 1 aromatic carbocycles. The van der Waals surface area contributed by atoms with E-state index in [0.29, 0.717) is 28.4 Å². The average molecular weight is 577 g/mol. The van der Waals surface area contributed by atoms with E-state index >= 15 is 0 Å². The van der Waals surface area contributed by atoms with Crippen molar-refractivity contribution in [2.24, 2.45) is 0 Å². The maximum absolute atomic E-state index is 13.2. The van der Waals surface area contributed by atoms with Crippen molar-refractivity contribution in [3.63, 3.8) is 0 Å². The van der Waals surface area contributed by atoms with Crippen LogP contribution in [0.3, 0.4) is 0 Å². The largest absolute Gasteiger partial charge is 0.462 e. The number of ether oxygens (including phenoxy) is 1.